The van der Waals surface area contributed by atoms with E-state index < -0.39 is 0 Å². The summed E-state index contributed by atoms with van der Waals surface area (Å²) in [5.74, 6) is 0. The Morgan fingerprint density at radius 3 is 2.64 bits per heavy atom. The Morgan fingerprint density at radius 1 is 1.29 bits per heavy atom. The Labute approximate surface area is 91.3 Å². The van der Waals surface area contributed by atoms with Crippen LogP contribution in [-0.4, -0.2) is 29.4 Å². The molecule has 3 nitrogen and oxygen atoms in total. The summed E-state index contributed by atoms with van der Waals surface area (Å²) in [6, 6.07) is 0.567. The highest BCUT2D eigenvalue weighted by molar-refractivity contribution is 7.80. The van der Waals surface area contributed by atoms with Gasteiger partial charge in [0.2, 0.25) is 0 Å². The van der Waals surface area contributed by atoms with Crippen LogP contribution in [0.3, 0.4) is 0 Å². The van der Waals surface area contributed by atoms with Gasteiger partial charge in [0.05, 0.1) is 0 Å². The third kappa shape index (κ3) is 4.77. The number of aliphatic hydroxyl groups is 1. The third-order valence-electron chi connectivity index (χ3n) is 2.56. The molecule has 1 rings (SSSR count). The molecule has 0 aliphatic heterocycles. The molecule has 0 aromatic rings. The van der Waals surface area contributed by atoms with Gasteiger partial charge in [-0.15, -0.1) is 0 Å². The van der Waals surface area contributed by atoms with Crippen molar-refractivity contribution >= 4 is 17.3 Å². The number of aliphatic hydroxyl groups excluding tert-OH is 1. The van der Waals surface area contributed by atoms with Crippen LogP contribution in [0.15, 0.2) is 0 Å². The zero-order valence-electron chi connectivity index (χ0n) is 8.59. The summed E-state index contributed by atoms with van der Waals surface area (Å²) >= 11 is 5.14. The van der Waals surface area contributed by atoms with E-state index in [1.165, 1.54) is 32.1 Å². The topological polar surface area (TPSA) is 44.3 Å². The van der Waals surface area contributed by atoms with Crippen molar-refractivity contribution in [3.05, 3.63) is 0 Å². The van der Waals surface area contributed by atoms with E-state index in [0.717, 1.165) is 18.1 Å². The van der Waals surface area contributed by atoms with E-state index in [-0.39, 0.29) is 6.61 Å². The molecule has 0 aromatic heterocycles. The summed E-state index contributed by atoms with van der Waals surface area (Å²) < 4.78 is 0. The Balaban J connectivity index is 2.06. The molecule has 3 N–H and O–H groups in total. The van der Waals surface area contributed by atoms with Crippen LogP contribution in [-0.2, 0) is 0 Å². The van der Waals surface area contributed by atoms with E-state index in [1.807, 2.05) is 0 Å². The van der Waals surface area contributed by atoms with Gasteiger partial charge in [0, 0.05) is 19.2 Å². The minimum absolute atomic E-state index is 0.221. The van der Waals surface area contributed by atoms with Gasteiger partial charge < -0.3 is 15.7 Å². The van der Waals surface area contributed by atoms with Gasteiger partial charge in [0.25, 0.3) is 0 Å². The molecule has 0 unspecified atom stereocenters. The van der Waals surface area contributed by atoms with Crippen molar-refractivity contribution < 1.29 is 5.11 Å². The first-order valence-corrected chi connectivity index (χ1v) is 5.89. The summed E-state index contributed by atoms with van der Waals surface area (Å²) in [5.41, 5.74) is 0. The quantitative estimate of drug-likeness (QED) is 0.487. The fourth-order valence-electron chi connectivity index (χ4n) is 1.76. The molecule has 0 atom stereocenters. The maximum absolute atomic E-state index is 8.60. The second kappa shape index (κ2) is 7.01. The molecular weight excluding hydrogens is 196 g/mol. The highest BCUT2D eigenvalue weighted by atomic mass is 32.1. The van der Waals surface area contributed by atoms with Crippen LogP contribution in [0.2, 0.25) is 0 Å². The van der Waals surface area contributed by atoms with Crippen molar-refractivity contribution in [1.29, 1.82) is 0 Å². The fourth-order valence-corrected chi connectivity index (χ4v) is 2.03. The lowest BCUT2D eigenvalue weighted by Gasteiger charge is -2.24. The zero-order chi connectivity index (χ0) is 10.2. The molecule has 1 saturated carbocycles. The molecule has 82 valence electrons. The van der Waals surface area contributed by atoms with Gasteiger partial charge in [-0.3, -0.25) is 0 Å². The molecule has 14 heavy (non-hydrogen) atoms. The van der Waals surface area contributed by atoms with Crippen molar-refractivity contribution in [1.82, 2.24) is 10.6 Å². The minimum atomic E-state index is 0.221. The number of thiocarbonyl (C=S) groups is 1. The van der Waals surface area contributed by atoms with E-state index in [2.05, 4.69) is 10.6 Å². The van der Waals surface area contributed by atoms with Crippen molar-refractivity contribution in [2.75, 3.05) is 13.2 Å². The Morgan fingerprint density at radius 2 is 2.00 bits per heavy atom. The lowest BCUT2D eigenvalue weighted by molar-refractivity contribution is 0.289. The maximum Gasteiger partial charge on any atom is 0.166 e. The van der Waals surface area contributed by atoms with Crippen LogP contribution in [0.25, 0.3) is 0 Å². The summed E-state index contributed by atoms with van der Waals surface area (Å²) in [4.78, 5) is 0. The van der Waals surface area contributed by atoms with E-state index in [9.17, 15) is 0 Å². The molecule has 0 radical (unpaired) electrons. The molecule has 0 saturated heterocycles. The van der Waals surface area contributed by atoms with E-state index in [0.29, 0.717) is 6.04 Å². The monoisotopic (exact) mass is 216 g/mol. The van der Waals surface area contributed by atoms with Gasteiger partial charge in [-0.1, -0.05) is 19.3 Å². The molecule has 0 aromatic carbocycles. The predicted octanol–water partition coefficient (Wildman–Crippen LogP) is 1.17. The fraction of sp³-hybridized carbons (Fsp3) is 0.900. The van der Waals surface area contributed by atoms with E-state index >= 15 is 0 Å². The first kappa shape index (κ1) is 11.7. The van der Waals surface area contributed by atoms with Gasteiger partial charge in [-0.05, 0) is 31.5 Å². The maximum atomic E-state index is 8.60. The normalized spacial score (nSPS) is 17.8. The lowest BCUT2D eigenvalue weighted by Crippen LogP contribution is -2.43. The largest absolute Gasteiger partial charge is 0.396 e. The molecule has 0 bridgehead atoms. The average molecular weight is 216 g/mol. The van der Waals surface area contributed by atoms with Crippen LogP contribution >= 0.6 is 12.2 Å². The Bertz CT molecular complexity index is 170. The molecule has 4 heteroatoms. The van der Waals surface area contributed by atoms with Crippen LogP contribution in [0, 0.1) is 0 Å². The first-order chi connectivity index (χ1) is 6.83. The smallest absolute Gasteiger partial charge is 0.166 e. The van der Waals surface area contributed by atoms with Gasteiger partial charge in [0.1, 0.15) is 0 Å². The highest BCUT2D eigenvalue weighted by Gasteiger charge is 2.13. The summed E-state index contributed by atoms with van der Waals surface area (Å²) in [6.07, 6.45) is 7.23. The molecule has 1 aliphatic carbocycles. The minimum Gasteiger partial charge on any atom is -0.396 e. The van der Waals surface area contributed by atoms with Crippen molar-refractivity contribution in [3.8, 4) is 0 Å². The van der Waals surface area contributed by atoms with Gasteiger partial charge >= 0.3 is 0 Å². The standard InChI is InChI=1S/C10H20N2OS/c13-8-4-7-11-10(14)12-9-5-2-1-3-6-9/h9,13H,1-8H2,(H2,11,12,14). The first-order valence-electron chi connectivity index (χ1n) is 5.48. The summed E-state index contributed by atoms with van der Waals surface area (Å²) in [7, 11) is 0. The van der Waals surface area contributed by atoms with E-state index in [1.54, 1.807) is 0 Å². The molecular formula is C10H20N2OS. The second-order valence-corrected chi connectivity index (χ2v) is 4.22. The molecule has 1 fully saturated rings. The third-order valence-corrected chi connectivity index (χ3v) is 2.82. The van der Waals surface area contributed by atoms with Crippen molar-refractivity contribution in [3.63, 3.8) is 0 Å². The molecule has 0 spiro atoms. The molecule has 1 aliphatic rings. The Kier molecular flexibility index (Phi) is 5.87. The number of hydrogen-bond acceptors (Lipinski definition) is 2. The predicted molar refractivity (Wildman–Crippen MR) is 62.3 cm³/mol. The summed E-state index contributed by atoms with van der Waals surface area (Å²) in [6.45, 7) is 0.980. The number of rotatable bonds is 4. The second-order valence-electron chi connectivity index (χ2n) is 3.81. The lowest BCUT2D eigenvalue weighted by atomic mass is 9.96. The van der Waals surface area contributed by atoms with Gasteiger partial charge in [-0.25, -0.2) is 0 Å². The Hall–Kier alpha value is -0.350. The van der Waals surface area contributed by atoms with Crippen molar-refractivity contribution in [2.24, 2.45) is 0 Å². The summed E-state index contributed by atoms with van der Waals surface area (Å²) in [5, 5.41) is 15.7. The number of nitrogens with one attached hydrogen (secondary N) is 2. The average Bonchev–Trinajstić information content (AvgIpc) is 2.20. The van der Waals surface area contributed by atoms with Gasteiger partial charge in [0.15, 0.2) is 5.11 Å². The number of hydrogen-bond donors (Lipinski definition) is 3. The van der Waals surface area contributed by atoms with Gasteiger partial charge in [-0.2, -0.15) is 0 Å². The SMILES string of the molecule is OCCCNC(=S)NC1CCCCC1. The van der Waals surface area contributed by atoms with Crippen LogP contribution in [0.5, 0.6) is 0 Å². The van der Waals surface area contributed by atoms with Crippen LogP contribution in [0.4, 0.5) is 0 Å². The molecule has 0 heterocycles. The highest BCUT2D eigenvalue weighted by Crippen LogP contribution is 2.17. The molecule has 0 amide bonds. The zero-order valence-corrected chi connectivity index (χ0v) is 9.41. The van der Waals surface area contributed by atoms with Crippen molar-refractivity contribution in [2.45, 2.75) is 44.6 Å². The van der Waals surface area contributed by atoms with E-state index in [4.69, 9.17) is 17.3 Å². The van der Waals surface area contributed by atoms with Crippen LogP contribution < -0.4 is 10.6 Å². The van der Waals surface area contributed by atoms with Crippen LogP contribution in [0.1, 0.15) is 38.5 Å².